The van der Waals surface area contributed by atoms with Crippen LogP contribution in [-0.2, 0) is 20.7 Å². The minimum atomic E-state index is -2.33. The number of esters is 1. The maximum absolute atomic E-state index is 12.5. The van der Waals surface area contributed by atoms with Crippen molar-refractivity contribution >= 4 is 16.9 Å². The van der Waals surface area contributed by atoms with Crippen molar-refractivity contribution in [3.8, 4) is 11.5 Å². The van der Waals surface area contributed by atoms with Gasteiger partial charge in [0.25, 0.3) is 0 Å². The Labute approximate surface area is 281 Å². The molecule has 270 valence electrons. The molecule has 0 spiro atoms. The van der Waals surface area contributed by atoms with Gasteiger partial charge in [0, 0.05) is 36.8 Å². The number of fused-ring (bicyclic) bond motifs is 5. The molecule has 2 heterocycles. The van der Waals surface area contributed by atoms with E-state index in [0.717, 1.165) is 25.8 Å². The van der Waals surface area contributed by atoms with Crippen LogP contribution in [0.25, 0.3) is 11.0 Å². The summed E-state index contributed by atoms with van der Waals surface area (Å²) in [6, 6.07) is 3.53. The minimum absolute atomic E-state index is 0.00717. The first kappa shape index (κ1) is 36.8. The first-order valence-electron chi connectivity index (χ1n) is 17.5. The summed E-state index contributed by atoms with van der Waals surface area (Å²) in [6.45, 7) is 4.52. The van der Waals surface area contributed by atoms with Crippen molar-refractivity contribution in [2.45, 2.75) is 107 Å². The van der Waals surface area contributed by atoms with Gasteiger partial charge in [-0.25, -0.2) is 0 Å². The molecule has 2 aromatic rings. The van der Waals surface area contributed by atoms with E-state index in [-0.39, 0.29) is 44.0 Å². The highest BCUT2D eigenvalue weighted by Gasteiger charge is 2.73. The summed E-state index contributed by atoms with van der Waals surface area (Å²) in [5, 5.41) is 71.6. The second-order valence-electron chi connectivity index (χ2n) is 13.5. The number of aryl methyl sites for hydroxylation is 1. The number of benzene rings is 1. The van der Waals surface area contributed by atoms with Crippen LogP contribution < -0.4 is 14.8 Å². The zero-order valence-electron chi connectivity index (χ0n) is 28.0. The van der Waals surface area contributed by atoms with Gasteiger partial charge in [0.2, 0.25) is 12.0 Å². The van der Waals surface area contributed by atoms with E-state index >= 15 is 0 Å². The zero-order chi connectivity index (χ0) is 34.5. The quantitative estimate of drug-likeness (QED) is 0.0944. The Kier molecular flexibility index (Phi) is 12.3. The molecule has 0 radical (unpaired) electrons. The Morgan fingerprint density at radius 3 is 2.60 bits per heavy atom. The molecule has 3 aliphatic rings. The second-order valence-corrected chi connectivity index (χ2v) is 13.5. The first-order valence-corrected chi connectivity index (χ1v) is 17.5. The van der Waals surface area contributed by atoms with Crippen LogP contribution in [0.3, 0.4) is 0 Å². The van der Waals surface area contributed by atoms with E-state index in [1.807, 2.05) is 0 Å². The molecule has 1 aromatic heterocycles. The SMILES string of the molecule is CCCCCCNCCOc1c(OC2OC(CO)C3(O)CC4CCC(O)C(CO)C4C2(O)C3O)c(CCC(=O)OCC)cc2ccoc12. The third kappa shape index (κ3) is 7.06. The largest absolute Gasteiger partial charge is 0.485 e. The third-order valence-electron chi connectivity index (χ3n) is 10.5. The van der Waals surface area contributed by atoms with Gasteiger partial charge in [-0.2, -0.15) is 0 Å². The second kappa shape index (κ2) is 16.0. The number of furan rings is 1. The molecule has 13 nitrogen and oxygen atoms in total. The monoisotopic (exact) mass is 679 g/mol. The molecule has 9 atom stereocenters. The molecule has 3 fully saturated rings. The molecule has 13 heteroatoms. The fourth-order valence-electron chi connectivity index (χ4n) is 8.13. The maximum Gasteiger partial charge on any atom is 0.306 e. The van der Waals surface area contributed by atoms with Crippen LogP contribution in [0.4, 0.5) is 0 Å². The van der Waals surface area contributed by atoms with Crippen molar-refractivity contribution in [1.29, 1.82) is 0 Å². The van der Waals surface area contributed by atoms with E-state index in [2.05, 4.69) is 12.2 Å². The Bertz CT molecular complexity index is 1350. The number of aliphatic hydroxyl groups is 6. The Balaban J connectivity index is 1.53. The predicted octanol–water partition coefficient (Wildman–Crippen LogP) is 1.80. The smallest absolute Gasteiger partial charge is 0.306 e. The van der Waals surface area contributed by atoms with Crippen LogP contribution in [0.2, 0.25) is 0 Å². The number of ether oxygens (including phenoxy) is 4. The molecule has 1 aromatic carbocycles. The highest BCUT2D eigenvalue weighted by atomic mass is 16.7. The van der Waals surface area contributed by atoms with Crippen molar-refractivity contribution in [2.75, 3.05) is 39.5 Å². The van der Waals surface area contributed by atoms with E-state index in [0.29, 0.717) is 35.9 Å². The molecule has 48 heavy (non-hydrogen) atoms. The van der Waals surface area contributed by atoms with Crippen molar-refractivity contribution in [3.63, 3.8) is 0 Å². The van der Waals surface area contributed by atoms with Crippen molar-refractivity contribution in [2.24, 2.45) is 17.8 Å². The molecule has 2 aliphatic carbocycles. The lowest BCUT2D eigenvalue weighted by Crippen LogP contribution is -2.81. The highest BCUT2D eigenvalue weighted by molar-refractivity contribution is 5.87. The van der Waals surface area contributed by atoms with Crippen LogP contribution in [0.5, 0.6) is 11.5 Å². The number of hydrogen-bond donors (Lipinski definition) is 7. The van der Waals surface area contributed by atoms with Crippen LogP contribution in [-0.4, -0.2) is 112 Å². The van der Waals surface area contributed by atoms with Gasteiger partial charge < -0.3 is 59.3 Å². The highest BCUT2D eigenvalue weighted by Crippen LogP contribution is 2.58. The van der Waals surface area contributed by atoms with E-state index in [1.54, 1.807) is 19.1 Å². The third-order valence-corrected chi connectivity index (χ3v) is 10.5. The molecule has 9 unspecified atom stereocenters. The lowest BCUT2D eigenvalue weighted by molar-refractivity contribution is -0.397. The van der Waals surface area contributed by atoms with Gasteiger partial charge in [0.05, 0.1) is 25.6 Å². The number of carbonyl (C=O) groups excluding carboxylic acids is 1. The lowest BCUT2D eigenvalue weighted by atomic mass is 9.51. The topological polar surface area (TPSA) is 201 Å². The number of hydrogen-bond acceptors (Lipinski definition) is 13. The summed E-state index contributed by atoms with van der Waals surface area (Å²) >= 11 is 0. The summed E-state index contributed by atoms with van der Waals surface area (Å²) in [6.07, 6.45) is 1.05. The number of rotatable bonds is 17. The minimum Gasteiger partial charge on any atom is -0.485 e. The molecule has 0 amide bonds. The molecule has 2 bridgehead atoms. The van der Waals surface area contributed by atoms with Crippen molar-refractivity contribution in [1.82, 2.24) is 5.32 Å². The van der Waals surface area contributed by atoms with Gasteiger partial charge >= 0.3 is 5.97 Å². The Morgan fingerprint density at radius 2 is 1.88 bits per heavy atom. The summed E-state index contributed by atoms with van der Waals surface area (Å²) in [5.74, 6) is -2.33. The fourth-order valence-corrected chi connectivity index (χ4v) is 8.13. The van der Waals surface area contributed by atoms with Crippen LogP contribution in [0, 0.1) is 17.8 Å². The summed E-state index contributed by atoms with van der Waals surface area (Å²) < 4.78 is 30.0. The Morgan fingerprint density at radius 1 is 1.06 bits per heavy atom. The van der Waals surface area contributed by atoms with Crippen molar-refractivity contribution < 1.29 is 58.8 Å². The summed E-state index contributed by atoms with van der Waals surface area (Å²) in [4.78, 5) is 12.4. The average molecular weight is 680 g/mol. The van der Waals surface area contributed by atoms with Crippen LogP contribution in [0.1, 0.15) is 70.8 Å². The predicted molar refractivity (Wildman–Crippen MR) is 173 cm³/mol. The standard InChI is InChI=1S/C35H53NO12/c1-3-5-6-7-13-36-14-16-46-31-29-22(12-15-45-29)17-21(9-11-27(40)44-4-2)30(31)48-33-35(43)28-23(8-10-25(39)24(28)19-37)18-34(42,32(35)41)26(20-38)47-33/h12,15,17,23-26,28,32-33,36-39,41-43H,3-11,13-14,16,18-20H2,1-2H3. The van der Waals surface area contributed by atoms with Crippen LogP contribution in [0.15, 0.2) is 22.8 Å². The van der Waals surface area contributed by atoms with Crippen molar-refractivity contribution in [3.05, 3.63) is 24.0 Å². The molecule has 2 saturated carbocycles. The molecule has 7 N–H and O–H groups in total. The van der Waals surface area contributed by atoms with Gasteiger partial charge in [-0.05, 0) is 69.2 Å². The maximum atomic E-state index is 12.5. The number of nitrogens with one attached hydrogen (secondary N) is 1. The molecule has 1 saturated heterocycles. The van der Waals surface area contributed by atoms with Gasteiger partial charge in [-0.15, -0.1) is 0 Å². The van der Waals surface area contributed by atoms with E-state index in [1.165, 1.54) is 12.7 Å². The van der Waals surface area contributed by atoms with Gasteiger partial charge in [-0.1, -0.05) is 26.2 Å². The van der Waals surface area contributed by atoms with Crippen LogP contribution >= 0.6 is 0 Å². The fraction of sp³-hybridized carbons (Fsp3) is 0.743. The van der Waals surface area contributed by atoms with Gasteiger partial charge in [0.1, 0.15) is 24.4 Å². The number of aliphatic hydroxyl groups excluding tert-OH is 4. The average Bonchev–Trinajstić information content (AvgIpc) is 3.54. The van der Waals surface area contributed by atoms with Gasteiger partial charge in [-0.3, -0.25) is 4.79 Å². The lowest BCUT2D eigenvalue weighted by Gasteiger charge is -2.64. The number of carbonyl (C=O) groups is 1. The van der Waals surface area contributed by atoms with E-state index < -0.39 is 72.7 Å². The van der Waals surface area contributed by atoms with Gasteiger partial charge in [0.15, 0.2) is 16.9 Å². The molecule has 5 rings (SSSR count). The molecular formula is C35H53NO12. The first-order chi connectivity index (χ1) is 23.1. The molecule has 1 aliphatic heterocycles. The Hall–Kier alpha value is -2.49. The van der Waals surface area contributed by atoms with E-state index in [9.17, 15) is 35.4 Å². The number of unbranched alkanes of at least 4 members (excludes halogenated alkanes) is 3. The summed E-state index contributed by atoms with van der Waals surface area (Å²) in [5.41, 5.74) is -3.48. The van der Waals surface area contributed by atoms with E-state index in [4.69, 9.17) is 23.4 Å². The summed E-state index contributed by atoms with van der Waals surface area (Å²) in [7, 11) is 0. The molecular weight excluding hydrogens is 626 g/mol. The normalized spacial score (nSPS) is 33.0. The zero-order valence-corrected chi connectivity index (χ0v) is 28.0.